The van der Waals surface area contributed by atoms with Gasteiger partial charge in [0.2, 0.25) is 5.91 Å². The Morgan fingerprint density at radius 2 is 1.93 bits per heavy atom. The van der Waals surface area contributed by atoms with Gasteiger partial charge in [-0.1, -0.05) is 6.07 Å². The molecular formula is C19H21N3O7. The fourth-order valence-electron chi connectivity index (χ4n) is 2.47. The fourth-order valence-corrected chi connectivity index (χ4v) is 2.47. The average molecular weight is 403 g/mol. The number of hydrogen-bond acceptors (Lipinski definition) is 8. The predicted octanol–water partition coefficient (Wildman–Crippen LogP) is 2.41. The van der Waals surface area contributed by atoms with Crippen molar-refractivity contribution in [3.05, 3.63) is 51.6 Å². The van der Waals surface area contributed by atoms with Crippen LogP contribution in [0.3, 0.4) is 0 Å². The Balaban J connectivity index is 2.11. The van der Waals surface area contributed by atoms with E-state index in [1.807, 2.05) is 0 Å². The number of aromatic hydroxyl groups is 1. The lowest BCUT2D eigenvalue weighted by atomic mass is 10.1. The summed E-state index contributed by atoms with van der Waals surface area (Å²) < 4.78 is 15.5. The van der Waals surface area contributed by atoms with Gasteiger partial charge >= 0.3 is 0 Å². The van der Waals surface area contributed by atoms with E-state index < -0.39 is 10.8 Å². The number of phenolic OH excluding ortho intramolecular Hbond substituents is 1. The molecule has 0 atom stereocenters. The number of carbonyl (C=O) groups excluding carboxylic acids is 1. The average Bonchev–Trinajstić information content (AvgIpc) is 2.70. The van der Waals surface area contributed by atoms with Crippen molar-refractivity contribution in [2.75, 3.05) is 20.8 Å². The molecule has 2 rings (SSSR count). The molecule has 0 spiro atoms. The van der Waals surface area contributed by atoms with Crippen molar-refractivity contribution in [2.45, 2.75) is 13.3 Å². The Bertz CT molecular complexity index is 928. The number of nitro groups is 1. The van der Waals surface area contributed by atoms with Crippen molar-refractivity contribution >= 4 is 17.8 Å². The molecule has 2 N–H and O–H groups in total. The zero-order valence-corrected chi connectivity index (χ0v) is 16.2. The van der Waals surface area contributed by atoms with Crippen molar-refractivity contribution in [2.24, 2.45) is 5.10 Å². The maximum absolute atomic E-state index is 12.1. The monoisotopic (exact) mass is 403 g/mol. The lowest BCUT2D eigenvalue weighted by Crippen LogP contribution is -2.19. The zero-order chi connectivity index (χ0) is 21.4. The van der Waals surface area contributed by atoms with E-state index in [-0.39, 0.29) is 35.8 Å². The van der Waals surface area contributed by atoms with Gasteiger partial charge in [-0.05, 0) is 24.6 Å². The molecule has 154 valence electrons. The molecule has 0 radical (unpaired) electrons. The molecule has 2 aromatic rings. The minimum Gasteiger partial charge on any atom is -0.504 e. The van der Waals surface area contributed by atoms with Crippen LogP contribution in [0.15, 0.2) is 35.4 Å². The first kappa shape index (κ1) is 21.5. The van der Waals surface area contributed by atoms with E-state index in [0.29, 0.717) is 17.1 Å². The lowest BCUT2D eigenvalue weighted by Gasteiger charge is -2.09. The highest BCUT2D eigenvalue weighted by Crippen LogP contribution is 2.33. The molecule has 0 saturated heterocycles. The van der Waals surface area contributed by atoms with Crippen LogP contribution in [0.5, 0.6) is 23.0 Å². The number of hydrogen-bond donors (Lipinski definition) is 2. The molecule has 10 heteroatoms. The Labute approximate surface area is 166 Å². The highest BCUT2D eigenvalue weighted by atomic mass is 16.6. The third kappa shape index (κ3) is 5.58. The number of nitro benzene ring substituents is 1. The van der Waals surface area contributed by atoms with Crippen LogP contribution in [0.4, 0.5) is 5.69 Å². The highest BCUT2D eigenvalue weighted by Gasteiger charge is 2.16. The largest absolute Gasteiger partial charge is 0.504 e. The first-order valence-electron chi connectivity index (χ1n) is 8.56. The molecule has 10 nitrogen and oxygen atoms in total. The maximum Gasteiger partial charge on any atom is 0.274 e. The highest BCUT2D eigenvalue weighted by molar-refractivity contribution is 5.87. The number of rotatable bonds is 9. The number of phenols is 1. The Morgan fingerprint density at radius 1 is 1.21 bits per heavy atom. The number of nitrogens with one attached hydrogen (secondary N) is 1. The summed E-state index contributed by atoms with van der Waals surface area (Å²) >= 11 is 0. The van der Waals surface area contributed by atoms with Crippen molar-refractivity contribution in [3.63, 3.8) is 0 Å². The van der Waals surface area contributed by atoms with Crippen LogP contribution in [0.2, 0.25) is 0 Å². The summed E-state index contributed by atoms with van der Waals surface area (Å²) in [6, 6.07) is 7.31. The summed E-state index contributed by atoms with van der Waals surface area (Å²) in [6.07, 6.45) is 1.13. The van der Waals surface area contributed by atoms with Crippen molar-refractivity contribution in [1.29, 1.82) is 0 Å². The number of benzene rings is 2. The molecule has 0 aliphatic rings. The Hall–Kier alpha value is -3.82. The van der Waals surface area contributed by atoms with Crippen LogP contribution in [-0.4, -0.2) is 43.0 Å². The number of nitrogens with zero attached hydrogens (tertiary/aromatic N) is 2. The van der Waals surface area contributed by atoms with Crippen LogP contribution in [-0.2, 0) is 11.2 Å². The molecule has 29 heavy (non-hydrogen) atoms. The van der Waals surface area contributed by atoms with E-state index in [1.54, 1.807) is 25.1 Å². The number of non-ortho nitro benzene ring substituents is 1. The van der Waals surface area contributed by atoms with E-state index in [9.17, 15) is 20.0 Å². The molecule has 0 aliphatic heterocycles. The van der Waals surface area contributed by atoms with Gasteiger partial charge in [-0.2, -0.15) is 5.10 Å². The van der Waals surface area contributed by atoms with Crippen LogP contribution in [0.25, 0.3) is 0 Å². The van der Waals surface area contributed by atoms with Gasteiger partial charge in [0.15, 0.2) is 23.0 Å². The van der Waals surface area contributed by atoms with Gasteiger partial charge in [0.1, 0.15) is 0 Å². The third-order valence-corrected chi connectivity index (χ3v) is 3.81. The molecular weight excluding hydrogens is 382 g/mol. The third-order valence-electron chi connectivity index (χ3n) is 3.81. The van der Waals surface area contributed by atoms with Crippen molar-refractivity contribution in [1.82, 2.24) is 5.43 Å². The standard InChI is InChI=1S/C19H21N3O7/c1-4-29-17-10-14(22(25)26)9-13(19(17)24)11-20-21-18(23)8-12-5-6-15(27-2)16(7-12)28-3/h5-7,9-11,24H,4,8H2,1-3H3,(H,21,23)/b20-11-. The molecule has 0 aromatic heterocycles. The van der Waals surface area contributed by atoms with Crippen molar-refractivity contribution in [3.8, 4) is 23.0 Å². The second kappa shape index (κ2) is 9.93. The van der Waals surface area contributed by atoms with E-state index in [2.05, 4.69) is 10.5 Å². The van der Waals surface area contributed by atoms with Gasteiger partial charge < -0.3 is 19.3 Å². The molecule has 0 saturated carbocycles. The van der Waals surface area contributed by atoms with Gasteiger partial charge in [-0.25, -0.2) is 5.43 Å². The van der Waals surface area contributed by atoms with Gasteiger partial charge in [-0.3, -0.25) is 14.9 Å². The fraction of sp³-hybridized carbons (Fsp3) is 0.263. The number of ether oxygens (including phenoxy) is 3. The van der Waals surface area contributed by atoms with E-state index >= 15 is 0 Å². The second-order valence-corrected chi connectivity index (χ2v) is 5.73. The lowest BCUT2D eigenvalue weighted by molar-refractivity contribution is -0.385. The van der Waals surface area contributed by atoms with E-state index in [4.69, 9.17) is 14.2 Å². The summed E-state index contributed by atoms with van der Waals surface area (Å²) in [4.78, 5) is 22.5. The molecule has 1 amide bonds. The van der Waals surface area contributed by atoms with Crippen LogP contribution in [0.1, 0.15) is 18.1 Å². The number of methoxy groups -OCH3 is 2. The first-order valence-corrected chi connectivity index (χ1v) is 8.56. The van der Waals surface area contributed by atoms with Gasteiger partial charge in [0.05, 0.1) is 44.5 Å². The molecule has 0 bridgehead atoms. The number of amides is 1. The van der Waals surface area contributed by atoms with Gasteiger partial charge in [0.25, 0.3) is 5.69 Å². The normalized spacial score (nSPS) is 10.6. The summed E-state index contributed by atoms with van der Waals surface area (Å²) in [5, 5.41) is 25.0. The van der Waals surface area contributed by atoms with E-state index in [0.717, 1.165) is 18.3 Å². The smallest absolute Gasteiger partial charge is 0.274 e. The second-order valence-electron chi connectivity index (χ2n) is 5.73. The Morgan fingerprint density at radius 3 is 2.55 bits per heavy atom. The summed E-state index contributed by atoms with van der Waals surface area (Å²) in [5.41, 5.74) is 2.75. The van der Waals surface area contributed by atoms with Crippen LogP contribution < -0.4 is 19.6 Å². The van der Waals surface area contributed by atoms with E-state index in [1.165, 1.54) is 14.2 Å². The summed E-state index contributed by atoms with van der Waals surface area (Å²) in [7, 11) is 3.01. The van der Waals surface area contributed by atoms with Gasteiger partial charge in [-0.15, -0.1) is 0 Å². The van der Waals surface area contributed by atoms with Gasteiger partial charge in [0, 0.05) is 11.6 Å². The van der Waals surface area contributed by atoms with Crippen LogP contribution in [0, 0.1) is 10.1 Å². The minimum atomic E-state index is -0.616. The number of hydrazone groups is 1. The topological polar surface area (TPSA) is 133 Å². The number of carbonyl (C=O) groups is 1. The van der Waals surface area contributed by atoms with Crippen LogP contribution >= 0.6 is 0 Å². The Kier molecular flexibility index (Phi) is 7.35. The zero-order valence-electron chi connectivity index (χ0n) is 16.2. The molecule has 0 aliphatic carbocycles. The SMILES string of the molecule is CCOc1cc([N+](=O)[O-])cc(/C=N\NC(=O)Cc2ccc(OC)c(OC)c2)c1O. The minimum absolute atomic E-state index is 0.0167. The molecule has 0 heterocycles. The quantitative estimate of drug-likeness (QED) is 0.373. The molecule has 0 unspecified atom stereocenters. The summed E-state index contributed by atoms with van der Waals surface area (Å²) in [5.74, 6) is 0.255. The summed E-state index contributed by atoms with van der Waals surface area (Å²) in [6.45, 7) is 1.90. The first-order chi connectivity index (χ1) is 13.9. The van der Waals surface area contributed by atoms with Crippen molar-refractivity contribution < 1.29 is 29.0 Å². The predicted molar refractivity (Wildman–Crippen MR) is 105 cm³/mol. The maximum atomic E-state index is 12.1. The molecule has 2 aromatic carbocycles. The molecule has 0 fully saturated rings.